The molecule has 0 aliphatic rings. The third kappa shape index (κ3) is 3.72. The van der Waals surface area contributed by atoms with E-state index in [9.17, 15) is 4.79 Å². The van der Waals surface area contributed by atoms with Crippen LogP contribution < -0.4 is 5.73 Å². The highest BCUT2D eigenvalue weighted by atomic mass is 16.1. The highest BCUT2D eigenvalue weighted by Gasteiger charge is 1.87. The first-order valence-corrected chi connectivity index (χ1v) is 4.39. The summed E-state index contributed by atoms with van der Waals surface area (Å²) in [6.07, 6.45) is 5.05. The Balaban J connectivity index is 2.74. The quantitative estimate of drug-likeness (QED) is 0.571. The van der Waals surface area contributed by atoms with E-state index in [4.69, 9.17) is 5.73 Å². The number of primary amides is 1. The van der Waals surface area contributed by atoms with E-state index in [0.717, 1.165) is 11.1 Å². The zero-order valence-corrected chi connectivity index (χ0v) is 8.10. The fourth-order valence-electron chi connectivity index (χ4n) is 1.07. The lowest BCUT2D eigenvalue weighted by Crippen LogP contribution is -2.05. The van der Waals surface area contributed by atoms with Gasteiger partial charge in [0.2, 0.25) is 5.91 Å². The molecule has 0 saturated carbocycles. The first-order valence-electron chi connectivity index (χ1n) is 4.39. The van der Waals surface area contributed by atoms with Crippen LogP contribution >= 0.6 is 0 Å². The Morgan fingerprint density at radius 2 is 1.86 bits per heavy atom. The monoisotopic (exact) mass is 187 g/mol. The lowest BCUT2D eigenvalue weighted by Gasteiger charge is -1.93. The van der Waals surface area contributed by atoms with Gasteiger partial charge in [0, 0.05) is 6.08 Å². The normalized spacial score (nSPS) is 11.9. The molecular weight excluding hydrogens is 174 g/mol. The number of benzene rings is 1. The van der Waals surface area contributed by atoms with Crippen molar-refractivity contribution < 1.29 is 4.79 Å². The Hall–Kier alpha value is -1.83. The maximum Gasteiger partial charge on any atom is 0.241 e. The van der Waals surface area contributed by atoms with Crippen molar-refractivity contribution in [2.24, 2.45) is 5.73 Å². The molecular formula is C12H13NO. The molecule has 0 aliphatic carbocycles. The Morgan fingerprint density at radius 3 is 2.43 bits per heavy atom. The van der Waals surface area contributed by atoms with E-state index < -0.39 is 5.91 Å². The molecule has 0 bridgehead atoms. The van der Waals surface area contributed by atoms with Crippen molar-refractivity contribution in [2.75, 3.05) is 0 Å². The largest absolute Gasteiger partial charge is 0.366 e. The molecule has 0 heterocycles. The maximum absolute atomic E-state index is 10.5. The minimum absolute atomic E-state index is 0.425. The molecule has 14 heavy (non-hydrogen) atoms. The van der Waals surface area contributed by atoms with Crippen LogP contribution in [-0.2, 0) is 4.79 Å². The molecule has 0 atom stereocenters. The molecule has 0 fully saturated rings. The van der Waals surface area contributed by atoms with E-state index in [1.807, 2.05) is 43.3 Å². The van der Waals surface area contributed by atoms with Crippen LogP contribution in [0.25, 0.3) is 6.08 Å². The number of carbonyl (C=O) groups is 1. The summed E-state index contributed by atoms with van der Waals surface area (Å²) in [6, 6.07) is 9.91. The number of carbonyl (C=O) groups excluding carboxylic acids is 1. The second kappa shape index (κ2) is 5.02. The molecule has 0 aromatic heterocycles. The van der Waals surface area contributed by atoms with E-state index in [1.54, 1.807) is 6.08 Å². The number of amides is 1. The van der Waals surface area contributed by atoms with Gasteiger partial charge >= 0.3 is 0 Å². The average molecular weight is 187 g/mol. The van der Waals surface area contributed by atoms with Crippen LogP contribution in [0.3, 0.4) is 0 Å². The molecule has 0 aliphatic heterocycles. The van der Waals surface area contributed by atoms with E-state index >= 15 is 0 Å². The van der Waals surface area contributed by atoms with Gasteiger partial charge in [-0.1, -0.05) is 48.1 Å². The summed E-state index contributed by atoms with van der Waals surface area (Å²) in [5, 5.41) is 0. The van der Waals surface area contributed by atoms with Gasteiger partial charge in [0.15, 0.2) is 0 Å². The van der Waals surface area contributed by atoms with Gasteiger partial charge in [0.25, 0.3) is 0 Å². The summed E-state index contributed by atoms with van der Waals surface area (Å²) < 4.78 is 0. The minimum atomic E-state index is -0.425. The van der Waals surface area contributed by atoms with Gasteiger partial charge in [-0.25, -0.2) is 0 Å². The van der Waals surface area contributed by atoms with Crippen molar-refractivity contribution in [3.63, 3.8) is 0 Å². The molecule has 0 radical (unpaired) electrons. The smallest absolute Gasteiger partial charge is 0.241 e. The Morgan fingerprint density at radius 1 is 1.21 bits per heavy atom. The number of nitrogens with two attached hydrogens (primary N) is 1. The molecule has 1 rings (SSSR count). The third-order valence-electron chi connectivity index (χ3n) is 1.70. The SMILES string of the molecule is CC(C=CC(N)=O)=Cc1ccccc1. The number of rotatable bonds is 3. The van der Waals surface area contributed by atoms with Crippen molar-refractivity contribution >= 4 is 12.0 Å². The van der Waals surface area contributed by atoms with Crippen molar-refractivity contribution in [3.05, 3.63) is 53.6 Å². The van der Waals surface area contributed by atoms with Crippen LogP contribution in [-0.4, -0.2) is 5.91 Å². The lowest BCUT2D eigenvalue weighted by molar-refractivity contribution is -0.113. The van der Waals surface area contributed by atoms with E-state index in [-0.39, 0.29) is 0 Å². The summed E-state index contributed by atoms with van der Waals surface area (Å²) >= 11 is 0. The number of hydrogen-bond acceptors (Lipinski definition) is 1. The third-order valence-corrected chi connectivity index (χ3v) is 1.70. The van der Waals surface area contributed by atoms with E-state index in [1.165, 1.54) is 6.08 Å². The highest BCUT2D eigenvalue weighted by molar-refractivity contribution is 5.86. The Labute approximate surface area is 83.7 Å². The number of allylic oxidation sites excluding steroid dienone is 2. The topological polar surface area (TPSA) is 43.1 Å². The highest BCUT2D eigenvalue weighted by Crippen LogP contribution is 2.06. The van der Waals surface area contributed by atoms with Crippen molar-refractivity contribution in [3.8, 4) is 0 Å². The van der Waals surface area contributed by atoms with Gasteiger partial charge in [0.05, 0.1) is 0 Å². The standard InChI is InChI=1S/C12H13NO/c1-10(7-8-12(13)14)9-11-5-3-2-4-6-11/h2-9H,1H3,(H2,13,14). The minimum Gasteiger partial charge on any atom is -0.366 e. The zero-order chi connectivity index (χ0) is 10.4. The van der Waals surface area contributed by atoms with Crippen LogP contribution in [0.5, 0.6) is 0 Å². The Kier molecular flexibility index (Phi) is 3.68. The van der Waals surface area contributed by atoms with Crippen LogP contribution in [0, 0.1) is 0 Å². The van der Waals surface area contributed by atoms with E-state index in [2.05, 4.69) is 0 Å². The summed E-state index contributed by atoms with van der Waals surface area (Å²) in [6.45, 7) is 1.92. The second-order valence-electron chi connectivity index (χ2n) is 3.03. The van der Waals surface area contributed by atoms with Crippen LogP contribution in [0.2, 0.25) is 0 Å². The van der Waals surface area contributed by atoms with Crippen molar-refractivity contribution in [2.45, 2.75) is 6.92 Å². The van der Waals surface area contributed by atoms with Gasteiger partial charge in [-0.15, -0.1) is 0 Å². The summed E-state index contributed by atoms with van der Waals surface area (Å²) in [5.41, 5.74) is 7.09. The van der Waals surface area contributed by atoms with Crippen LogP contribution in [0.1, 0.15) is 12.5 Å². The molecule has 2 N–H and O–H groups in total. The molecule has 1 aromatic carbocycles. The fraction of sp³-hybridized carbons (Fsp3) is 0.0833. The predicted molar refractivity (Wildman–Crippen MR) is 58.4 cm³/mol. The van der Waals surface area contributed by atoms with E-state index in [0.29, 0.717) is 0 Å². The number of hydrogen-bond donors (Lipinski definition) is 1. The first-order chi connectivity index (χ1) is 6.68. The zero-order valence-electron chi connectivity index (χ0n) is 8.10. The first kappa shape index (κ1) is 10.3. The van der Waals surface area contributed by atoms with Gasteiger partial charge in [-0.3, -0.25) is 4.79 Å². The molecule has 2 nitrogen and oxygen atoms in total. The van der Waals surface area contributed by atoms with Crippen LogP contribution in [0.4, 0.5) is 0 Å². The van der Waals surface area contributed by atoms with Crippen molar-refractivity contribution in [1.29, 1.82) is 0 Å². The van der Waals surface area contributed by atoms with Crippen LogP contribution in [0.15, 0.2) is 48.1 Å². The molecule has 72 valence electrons. The molecule has 0 spiro atoms. The molecule has 0 unspecified atom stereocenters. The summed E-state index contributed by atoms with van der Waals surface area (Å²) in [5.74, 6) is -0.425. The maximum atomic E-state index is 10.5. The average Bonchev–Trinajstić information content (AvgIpc) is 2.16. The Bertz CT molecular complexity index is 363. The molecule has 2 heteroatoms. The molecule has 0 saturated heterocycles. The van der Waals surface area contributed by atoms with Gasteiger partial charge in [-0.2, -0.15) is 0 Å². The molecule has 1 amide bonds. The van der Waals surface area contributed by atoms with Gasteiger partial charge < -0.3 is 5.73 Å². The lowest BCUT2D eigenvalue weighted by atomic mass is 10.1. The van der Waals surface area contributed by atoms with Gasteiger partial charge in [0.1, 0.15) is 0 Å². The fourth-order valence-corrected chi connectivity index (χ4v) is 1.07. The summed E-state index contributed by atoms with van der Waals surface area (Å²) in [7, 11) is 0. The summed E-state index contributed by atoms with van der Waals surface area (Å²) in [4.78, 5) is 10.5. The predicted octanol–water partition coefficient (Wildman–Crippen LogP) is 2.13. The second-order valence-corrected chi connectivity index (χ2v) is 3.03. The van der Waals surface area contributed by atoms with Gasteiger partial charge in [-0.05, 0) is 12.5 Å². The van der Waals surface area contributed by atoms with Crippen molar-refractivity contribution in [1.82, 2.24) is 0 Å². The molecule has 1 aromatic rings.